The maximum absolute atomic E-state index is 12.1. The van der Waals surface area contributed by atoms with Crippen LogP contribution in [-0.4, -0.2) is 23.2 Å². The van der Waals surface area contributed by atoms with Crippen LogP contribution in [-0.2, 0) is 4.79 Å². The van der Waals surface area contributed by atoms with Crippen molar-refractivity contribution < 1.29 is 14.6 Å². The fourth-order valence-electron chi connectivity index (χ4n) is 1.70. The lowest BCUT2D eigenvalue weighted by Gasteiger charge is -2.22. The molecule has 0 saturated carbocycles. The van der Waals surface area contributed by atoms with E-state index in [4.69, 9.17) is 10.00 Å². The van der Waals surface area contributed by atoms with Gasteiger partial charge in [0, 0.05) is 5.69 Å². The molecule has 0 aromatic heterocycles. The first-order valence-corrected chi connectivity index (χ1v) is 6.73. The third-order valence-electron chi connectivity index (χ3n) is 3.02. The third kappa shape index (κ3) is 4.08. The highest BCUT2D eigenvalue weighted by atomic mass is 16.5. The van der Waals surface area contributed by atoms with Gasteiger partial charge in [-0.3, -0.25) is 4.79 Å². The van der Waals surface area contributed by atoms with Crippen molar-refractivity contribution in [1.29, 1.82) is 5.26 Å². The molecule has 0 radical (unpaired) electrons. The molecule has 0 fully saturated rings. The molecule has 112 valence electrons. The van der Waals surface area contributed by atoms with Gasteiger partial charge in [0.05, 0.1) is 11.6 Å². The Morgan fingerprint density at radius 2 is 1.86 bits per heavy atom. The van der Waals surface area contributed by atoms with Crippen LogP contribution in [0.1, 0.15) is 12.5 Å². The Morgan fingerprint density at radius 1 is 1.23 bits per heavy atom. The van der Waals surface area contributed by atoms with Gasteiger partial charge in [-0.2, -0.15) is 5.26 Å². The summed E-state index contributed by atoms with van der Waals surface area (Å²) in [5, 5.41) is 21.6. The number of nitriles is 1. The summed E-state index contributed by atoms with van der Waals surface area (Å²) in [5.41, 5.74) is -0.559. The Balaban J connectivity index is 1.94. The van der Waals surface area contributed by atoms with Crippen LogP contribution in [0.4, 0.5) is 5.69 Å². The summed E-state index contributed by atoms with van der Waals surface area (Å²) in [5.74, 6) is -0.0702. The average molecular weight is 296 g/mol. The second-order valence-corrected chi connectivity index (χ2v) is 5.02. The Morgan fingerprint density at radius 3 is 2.45 bits per heavy atom. The number of aliphatic hydroxyl groups is 1. The van der Waals surface area contributed by atoms with Crippen molar-refractivity contribution in [3.8, 4) is 11.8 Å². The number of hydrogen-bond acceptors (Lipinski definition) is 4. The number of carbonyl (C=O) groups excluding carboxylic acids is 1. The van der Waals surface area contributed by atoms with E-state index < -0.39 is 11.5 Å². The molecule has 0 aliphatic heterocycles. The van der Waals surface area contributed by atoms with E-state index in [-0.39, 0.29) is 6.61 Å². The third-order valence-corrected chi connectivity index (χ3v) is 3.02. The van der Waals surface area contributed by atoms with Crippen molar-refractivity contribution in [3.63, 3.8) is 0 Å². The summed E-state index contributed by atoms with van der Waals surface area (Å²) in [6.07, 6.45) is 0. The number of nitrogens with one attached hydrogen (secondary N) is 1. The van der Waals surface area contributed by atoms with Crippen LogP contribution in [0.2, 0.25) is 0 Å². The standard InChI is InChI=1S/C17H16N2O3/c1-17(21,16(20)19-14-5-3-2-4-6-14)12-22-15-9-7-13(11-18)8-10-15/h2-10,21H,12H2,1H3,(H,19,20). The zero-order valence-electron chi connectivity index (χ0n) is 12.1. The summed E-state index contributed by atoms with van der Waals surface area (Å²) >= 11 is 0. The normalized spacial score (nSPS) is 12.8. The molecule has 1 amide bonds. The fraction of sp³-hybridized carbons (Fsp3) is 0.176. The summed E-state index contributed by atoms with van der Waals surface area (Å²) in [7, 11) is 0. The van der Waals surface area contributed by atoms with Crippen LogP contribution < -0.4 is 10.1 Å². The van der Waals surface area contributed by atoms with E-state index in [2.05, 4.69) is 5.32 Å². The largest absolute Gasteiger partial charge is 0.490 e. The molecule has 22 heavy (non-hydrogen) atoms. The summed E-state index contributed by atoms with van der Waals surface area (Å²) in [6, 6.07) is 17.3. The quantitative estimate of drug-likeness (QED) is 0.887. The molecule has 0 aliphatic rings. The average Bonchev–Trinajstić information content (AvgIpc) is 2.54. The van der Waals surface area contributed by atoms with Gasteiger partial charge in [0.2, 0.25) is 0 Å². The molecule has 5 heteroatoms. The number of nitrogens with zero attached hydrogens (tertiary/aromatic N) is 1. The first kappa shape index (κ1) is 15.5. The van der Waals surface area contributed by atoms with Crippen molar-refractivity contribution in [3.05, 3.63) is 60.2 Å². The molecule has 0 aliphatic carbocycles. The SMILES string of the molecule is CC(O)(COc1ccc(C#N)cc1)C(=O)Nc1ccccc1. The molecule has 0 spiro atoms. The number of amides is 1. The highest BCUT2D eigenvalue weighted by molar-refractivity contribution is 5.96. The summed E-state index contributed by atoms with van der Waals surface area (Å²) in [6.45, 7) is 1.19. The van der Waals surface area contributed by atoms with E-state index in [1.807, 2.05) is 12.1 Å². The van der Waals surface area contributed by atoms with Gasteiger partial charge in [-0.15, -0.1) is 0 Å². The number of hydrogen-bond donors (Lipinski definition) is 2. The predicted octanol–water partition coefficient (Wildman–Crippen LogP) is 2.33. The zero-order chi connectivity index (χ0) is 16.0. The van der Waals surface area contributed by atoms with Crippen molar-refractivity contribution in [2.24, 2.45) is 0 Å². The van der Waals surface area contributed by atoms with Gasteiger partial charge in [-0.25, -0.2) is 0 Å². The molecule has 0 bridgehead atoms. The number of carbonyl (C=O) groups is 1. The molecule has 2 rings (SSSR count). The molecule has 0 saturated heterocycles. The lowest BCUT2D eigenvalue weighted by Crippen LogP contribution is -2.45. The minimum atomic E-state index is -1.68. The highest BCUT2D eigenvalue weighted by Crippen LogP contribution is 2.16. The van der Waals surface area contributed by atoms with Gasteiger partial charge in [-0.05, 0) is 43.3 Å². The van der Waals surface area contributed by atoms with Crippen LogP contribution in [0.3, 0.4) is 0 Å². The Labute approximate surface area is 128 Å². The first-order valence-electron chi connectivity index (χ1n) is 6.73. The van der Waals surface area contributed by atoms with E-state index in [1.165, 1.54) is 6.92 Å². The van der Waals surface area contributed by atoms with Crippen molar-refractivity contribution in [2.75, 3.05) is 11.9 Å². The Kier molecular flexibility index (Phi) is 4.77. The van der Waals surface area contributed by atoms with Gasteiger partial charge in [0.15, 0.2) is 5.60 Å². The number of ether oxygens (including phenoxy) is 1. The second-order valence-electron chi connectivity index (χ2n) is 5.02. The van der Waals surface area contributed by atoms with Gasteiger partial charge >= 0.3 is 0 Å². The minimum Gasteiger partial charge on any atom is -0.490 e. The monoisotopic (exact) mass is 296 g/mol. The minimum absolute atomic E-state index is 0.197. The van der Waals surface area contributed by atoms with E-state index in [1.54, 1.807) is 48.5 Å². The molecular weight excluding hydrogens is 280 g/mol. The van der Waals surface area contributed by atoms with Crippen molar-refractivity contribution >= 4 is 11.6 Å². The smallest absolute Gasteiger partial charge is 0.259 e. The fourth-order valence-corrected chi connectivity index (χ4v) is 1.70. The van der Waals surface area contributed by atoms with E-state index >= 15 is 0 Å². The van der Waals surface area contributed by atoms with E-state index in [9.17, 15) is 9.90 Å². The maximum atomic E-state index is 12.1. The predicted molar refractivity (Wildman–Crippen MR) is 82.3 cm³/mol. The van der Waals surface area contributed by atoms with Gasteiger partial charge in [0.1, 0.15) is 12.4 Å². The molecule has 2 aromatic rings. The molecular formula is C17H16N2O3. The zero-order valence-corrected chi connectivity index (χ0v) is 12.1. The van der Waals surface area contributed by atoms with Crippen LogP contribution in [0.5, 0.6) is 5.75 Å². The highest BCUT2D eigenvalue weighted by Gasteiger charge is 2.31. The van der Waals surface area contributed by atoms with Crippen LogP contribution in [0.25, 0.3) is 0 Å². The lowest BCUT2D eigenvalue weighted by molar-refractivity contribution is -0.135. The number of para-hydroxylation sites is 1. The molecule has 5 nitrogen and oxygen atoms in total. The van der Waals surface area contributed by atoms with Gasteiger partial charge < -0.3 is 15.2 Å². The van der Waals surface area contributed by atoms with Crippen molar-refractivity contribution in [2.45, 2.75) is 12.5 Å². The molecule has 1 atom stereocenters. The summed E-state index contributed by atoms with van der Waals surface area (Å²) in [4.78, 5) is 12.1. The Hall–Kier alpha value is -2.84. The van der Waals surface area contributed by atoms with Crippen molar-refractivity contribution in [1.82, 2.24) is 0 Å². The molecule has 0 heterocycles. The summed E-state index contributed by atoms with van der Waals surface area (Å²) < 4.78 is 5.41. The maximum Gasteiger partial charge on any atom is 0.259 e. The molecule has 2 aromatic carbocycles. The van der Waals surface area contributed by atoms with Crippen LogP contribution >= 0.6 is 0 Å². The first-order chi connectivity index (χ1) is 10.5. The van der Waals surface area contributed by atoms with Crippen LogP contribution in [0.15, 0.2) is 54.6 Å². The molecule has 2 N–H and O–H groups in total. The van der Waals surface area contributed by atoms with Gasteiger partial charge in [-0.1, -0.05) is 18.2 Å². The van der Waals surface area contributed by atoms with Crippen LogP contribution in [0, 0.1) is 11.3 Å². The number of anilines is 1. The van der Waals surface area contributed by atoms with E-state index in [0.29, 0.717) is 17.0 Å². The number of rotatable bonds is 5. The number of benzene rings is 2. The topological polar surface area (TPSA) is 82.3 Å². The second kappa shape index (κ2) is 6.74. The van der Waals surface area contributed by atoms with E-state index in [0.717, 1.165) is 0 Å². The molecule has 1 unspecified atom stereocenters. The lowest BCUT2D eigenvalue weighted by atomic mass is 10.1. The van der Waals surface area contributed by atoms with Gasteiger partial charge in [0.25, 0.3) is 5.91 Å². The Bertz CT molecular complexity index is 673.